The Morgan fingerprint density at radius 2 is 0.367 bits per heavy atom. The molecule has 0 N–H and O–H groups in total. The van der Waals surface area contributed by atoms with Crippen LogP contribution < -0.4 is 0 Å². The average Bonchev–Trinajstić information content (AvgIpc) is 1.35. The minimum Gasteiger partial charge on any atom is -0.456 e. The molecule has 22 aromatic carbocycles. The highest BCUT2D eigenvalue weighted by Crippen LogP contribution is 2.52. The summed E-state index contributed by atoms with van der Waals surface area (Å²) in [6.07, 6.45) is 0. The van der Waals surface area contributed by atoms with Crippen molar-refractivity contribution in [2.45, 2.75) is 0 Å². The number of benzene rings is 22. The summed E-state index contributed by atoms with van der Waals surface area (Å²) in [5.74, 6) is 0. The van der Waals surface area contributed by atoms with Crippen LogP contribution in [0.1, 0.15) is 0 Å². The van der Waals surface area contributed by atoms with Crippen LogP contribution in [0.3, 0.4) is 0 Å². The van der Waals surface area contributed by atoms with E-state index in [-0.39, 0.29) is 0 Å². The summed E-state index contributed by atoms with van der Waals surface area (Å²) in [4.78, 5) is 0. The number of hydrogen-bond acceptors (Lipinski definition) is 4. The third kappa shape index (κ3) is 10.4. The topological polar surface area (TPSA) is 52.6 Å². The van der Waals surface area contributed by atoms with E-state index < -0.39 is 0 Å². The Morgan fingerprint density at radius 3 is 0.725 bits per heavy atom. The van der Waals surface area contributed by atoms with E-state index in [2.05, 4.69) is 388 Å². The molecule has 4 heteroatoms. The molecule has 0 saturated heterocycles. The van der Waals surface area contributed by atoms with Crippen molar-refractivity contribution in [2.75, 3.05) is 0 Å². The highest BCUT2D eigenvalue weighted by Gasteiger charge is 2.25. The van der Waals surface area contributed by atoms with E-state index in [0.29, 0.717) is 0 Å². The lowest BCUT2D eigenvalue weighted by molar-refractivity contribution is 0.669. The van der Waals surface area contributed by atoms with Crippen molar-refractivity contribution in [1.29, 1.82) is 0 Å². The lowest BCUT2D eigenvalue weighted by Crippen LogP contribution is -1.92. The molecule has 0 spiro atoms. The van der Waals surface area contributed by atoms with Gasteiger partial charge in [-0.1, -0.05) is 352 Å². The fraction of sp³-hybridized carbons (Fsp3) is 0. The third-order valence-electron chi connectivity index (χ3n) is 25.4. The Kier molecular flexibility index (Phi) is 15.1. The smallest absolute Gasteiger partial charge is 0.136 e. The predicted molar refractivity (Wildman–Crippen MR) is 506 cm³/mol. The van der Waals surface area contributed by atoms with Crippen molar-refractivity contribution >= 4 is 174 Å². The Morgan fingerprint density at radius 1 is 0.117 bits per heavy atom. The Balaban J connectivity index is 0.000000133. The van der Waals surface area contributed by atoms with Crippen LogP contribution in [0, 0.1) is 0 Å². The van der Waals surface area contributed by atoms with Crippen molar-refractivity contribution in [2.24, 2.45) is 0 Å². The van der Waals surface area contributed by atoms with Gasteiger partial charge in [0.15, 0.2) is 0 Å². The van der Waals surface area contributed by atoms with E-state index in [4.69, 9.17) is 17.7 Å². The number of furan rings is 4. The number of fused-ring (bicyclic) bond motifs is 24. The summed E-state index contributed by atoms with van der Waals surface area (Å²) in [6, 6.07) is 149. The Hall–Kier alpha value is -15.9. The molecule has 0 aliphatic carbocycles. The van der Waals surface area contributed by atoms with E-state index in [1.54, 1.807) is 0 Å². The SMILES string of the molecule is c1ccc(-c2ccc(-c3c4cccc(-c5cccc6c5ccc5oc7ccccc7c56)c4cc4c(-c5cccc6c5ccc5oc7ccccc7c56)cccc34)cc2)cc1.c1ccc(-c2ccc(-c3c4cccc(-c5cccc6ccc7oc8ccccc8c7c56)c4cc4c(-c5cccc6ccc7oc8ccccc8c7c56)cccc34)cc2)cc1. The van der Waals surface area contributed by atoms with Gasteiger partial charge in [0.1, 0.15) is 44.7 Å². The number of para-hydroxylation sites is 4. The molecule has 0 saturated carbocycles. The molecule has 0 aliphatic rings. The van der Waals surface area contributed by atoms with Crippen molar-refractivity contribution in [3.05, 3.63) is 413 Å². The van der Waals surface area contributed by atoms with Gasteiger partial charge in [-0.25, -0.2) is 0 Å². The molecule has 556 valence electrons. The Bertz CT molecular complexity index is 8340. The first-order valence-electron chi connectivity index (χ1n) is 41.2. The molecule has 120 heavy (non-hydrogen) atoms. The summed E-state index contributed by atoms with van der Waals surface area (Å²) in [5, 5.41) is 28.5. The van der Waals surface area contributed by atoms with Crippen LogP contribution in [0.5, 0.6) is 0 Å². The van der Waals surface area contributed by atoms with Gasteiger partial charge in [-0.05, 0) is 225 Å². The first-order chi connectivity index (χ1) is 59.5. The van der Waals surface area contributed by atoms with Gasteiger partial charge in [0, 0.05) is 53.9 Å². The van der Waals surface area contributed by atoms with Crippen molar-refractivity contribution in [3.63, 3.8) is 0 Å². The highest BCUT2D eigenvalue weighted by atomic mass is 16.3. The summed E-state index contributed by atoms with van der Waals surface area (Å²) in [5.41, 5.74) is 26.5. The molecule has 4 nitrogen and oxygen atoms in total. The first kappa shape index (κ1) is 67.5. The van der Waals surface area contributed by atoms with Crippen molar-refractivity contribution in [3.8, 4) is 89.0 Å². The fourth-order valence-electron chi connectivity index (χ4n) is 20.1. The highest BCUT2D eigenvalue weighted by molar-refractivity contribution is 6.31. The standard InChI is InChI=1S/2C58H34O2/c1-2-12-35(13-3-1)36-26-28-39(29-27-36)54-44-22-10-18-40(42-20-8-14-37-30-32-52-57(55(37)42)46-16-4-6-24-50(46)59-52)48(44)34-49-41(19-11-23-45(49)54)43-21-9-15-38-31-33-53-58(56(38)43)47-17-5-7-25-51(47)60-53;1-2-12-35(13-3-1)36-26-28-37(29-27-36)56-46-22-10-18-40(38-16-8-20-44-42(38)30-32-54-57(44)48-14-4-6-24-52(48)59-54)50(46)34-51-41(19-11-23-47(51)56)39-17-9-21-45-43(39)31-33-55-58(45)49-15-5-7-25-53(49)60-55/h2*1-34H. The van der Waals surface area contributed by atoms with Crippen LogP contribution in [-0.4, -0.2) is 0 Å². The van der Waals surface area contributed by atoms with Crippen molar-refractivity contribution < 1.29 is 17.7 Å². The van der Waals surface area contributed by atoms with E-state index in [9.17, 15) is 0 Å². The molecule has 0 fully saturated rings. The lowest BCUT2D eigenvalue weighted by Gasteiger charge is -2.19. The molecule has 0 bridgehead atoms. The maximum absolute atomic E-state index is 6.46. The van der Waals surface area contributed by atoms with Crippen molar-refractivity contribution in [1.82, 2.24) is 0 Å². The van der Waals surface area contributed by atoms with Crippen LogP contribution >= 0.6 is 0 Å². The summed E-state index contributed by atoms with van der Waals surface area (Å²) in [6.45, 7) is 0. The molecule has 4 aromatic heterocycles. The molecule has 0 amide bonds. The second-order valence-corrected chi connectivity index (χ2v) is 31.7. The summed E-state index contributed by atoms with van der Waals surface area (Å²) >= 11 is 0. The zero-order valence-electron chi connectivity index (χ0n) is 64.9. The van der Waals surface area contributed by atoms with E-state index in [1.165, 1.54) is 175 Å². The molecule has 0 unspecified atom stereocenters. The third-order valence-corrected chi connectivity index (χ3v) is 25.4. The minimum absolute atomic E-state index is 0.900. The van der Waals surface area contributed by atoms with Gasteiger partial charge in [0.05, 0.1) is 0 Å². The summed E-state index contributed by atoms with van der Waals surface area (Å²) < 4.78 is 25.6. The quantitative estimate of drug-likeness (QED) is 0.142. The zero-order valence-corrected chi connectivity index (χ0v) is 64.9. The van der Waals surface area contributed by atoms with Gasteiger partial charge < -0.3 is 17.7 Å². The number of hydrogen-bond donors (Lipinski definition) is 0. The predicted octanol–water partition coefficient (Wildman–Crippen LogP) is 33.5. The Labute approximate surface area is 688 Å². The second-order valence-electron chi connectivity index (χ2n) is 31.7. The normalized spacial score (nSPS) is 12.0. The molecule has 26 rings (SSSR count). The van der Waals surface area contributed by atoms with Crippen LogP contribution in [0.2, 0.25) is 0 Å². The van der Waals surface area contributed by atoms with Crippen LogP contribution in [0.15, 0.2) is 430 Å². The van der Waals surface area contributed by atoms with Crippen LogP contribution in [0.25, 0.3) is 263 Å². The van der Waals surface area contributed by atoms with Gasteiger partial charge in [0.2, 0.25) is 0 Å². The van der Waals surface area contributed by atoms with Gasteiger partial charge in [0.25, 0.3) is 0 Å². The maximum Gasteiger partial charge on any atom is 0.136 e. The van der Waals surface area contributed by atoms with Gasteiger partial charge in [-0.2, -0.15) is 0 Å². The van der Waals surface area contributed by atoms with E-state index >= 15 is 0 Å². The zero-order chi connectivity index (χ0) is 78.6. The maximum atomic E-state index is 6.46. The van der Waals surface area contributed by atoms with E-state index in [0.717, 1.165) is 87.8 Å². The largest absolute Gasteiger partial charge is 0.456 e. The summed E-state index contributed by atoms with van der Waals surface area (Å²) in [7, 11) is 0. The molecule has 4 heterocycles. The average molecular weight is 1530 g/mol. The minimum atomic E-state index is 0.900. The molecular weight excluding hydrogens is 1460 g/mol. The van der Waals surface area contributed by atoms with Crippen LogP contribution in [0.4, 0.5) is 0 Å². The van der Waals surface area contributed by atoms with E-state index in [1.807, 2.05) is 24.3 Å². The molecule has 26 aromatic rings. The number of rotatable bonds is 8. The molecule has 0 atom stereocenters. The molecule has 0 aliphatic heterocycles. The molecule has 0 radical (unpaired) electrons. The van der Waals surface area contributed by atoms with Gasteiger partial charge >= 0.3 is 0 Å². The van der Waals surface area contributed by atoms with Crippen LogP contribution in [-0.2, 0) is 0 Å². The monoisotopic (exact) mass is 1520 g/mol. The first-order valence-corrected chi connectivity index (χ1v) is 41.2. The fourth-order valence-corrected chi connectivity index (χ4v) is 20.1. The van der Waals surface area contributed by atoms with Gasteiger partial charge in [-0.15, -0.1) is 0 Å². The second kappa shape index (κ2) is 26.9. The lowest BCUT2D eigenvalue weighted by atomic mass is 9.84. The van der Waals surface area contributed by atoms with Gasteiger partial charge in [-0.3, -0.25) is 0 Å². The molecular formula is C116H68O4.